The second-order valence-electron chi connectivity index (χ2n) is 8.29. The maximum atomic E-state index is 11.3. The van der Waals surface area contributed by atoms with Crippen LogP contribution in [0.1, 0.15) is 79.8 Å². The molecule has 0 spiro atoms. The first-order valence-corrected chi connectivity index (χ1v) is 10.3. The van der Waals surface area contributed by atoms with Crippen molar-refractivity contribution in [3.8, 4) is 0 Å². The molecule has 1 rings (SSSR count). The van der Waals surface area contributed by atoms with E-state index in [1.54, 1.807) is 4.68 Å². The van der Waals surface area contributed by atoms with Crippen molar-refractivity contribution in [3.05, 3.63) is 11.9 Å². The standard InChI is InChI=1S/C16H29N3O2.C5H12O/c1-6-15(20)8-7-14-11-19(18-17-14)12-16(4,5)21-10-9-13(2)3;1-3-5(2)4-6/h11,13H,6-10,12H2,1-5H3;5-6H,3-4H2,1-2H3. The van der Waals surface area contributed by atoms with E-state index < -0.39 is 0 Å². The van der Waals surface area contributed by atoms with Crippen molar-refractivity contribution in [2.24, 2.45) is 11.8 Å². The fourth-order valence-corrected chi connectivity index (χ4v) is 2.11. The van der Waals surface area contributed by atoms with Gasteiger partial charge < -0.3 is 9.84 Å². The van der Waals surface area contributed by atoms with E-state index in [2.05, 4.69) is 44.9 Å². The zero-order valence-electron chi connectivity index (χ0n) is 18.5. The molecular formula is C21H41N3O3. The van der Waals surface area contributed by atoms with Crippen molar-refractivity contribution in [2.45, 2.75) is 92.7 Å². The maximum Gasteiger partial charge on any atom is 0.133 e. The Labute approximate surface area is 165 Å². The van der Waals surface area contributed by atoms with Crippen molar-refractivity contribution in [2.75, 3.05) is 13.2 Å². The summed E-state index contributed by atoms with van der Waals surface area (Å²) in [5.74, 6) is 1.40. The minimum atomic E-state index is -0.265. The Hall–Kier alpha value is -1.27. The third kappa shape index (κ3) is 13.5. The number of hydrogen-bond donors (Lipinski definition) is 1. The molecule has 1 unspecified atom stereocenters. The maximum absolute atomic E-state index is 11.3. The lowest BCUT2D eigenvalue weighted by atomic mass is 10.1. The minimum Gasteiger partial charge on any atom is -0.396 e. The first kappa shape index (κ1) is 25.7. The van der Waals surface area contributed by atoms with Gasteiger partial charge in [-0.3, -0.25) is 4.79 Å². The van der Waals surface area contributed by atoms with Crippen LogP contribution in [0.2, 0.25) is 0 Å². The number of aliphatic hydroxyl groups excluding tert-OH is 1. The summed E-state index contributed by atoms with van der Waals surface area (Å²) in [5.41, 5.74) is 0.605. The summed E-state index contributed by atoms with van der Waals surface area (Å²) in [5, 5.41) is 16.6. The highest BCUT2D eigenvalue weighted by molar-refractivity contribution is 5.78. The summed E-state index contributed by atoms with van der Waals surface area (Å²) in [7, 11) is 0. The number of carbonyl (C=O) groups excluding carboxylic acids is 1. The van der Waals surface area contributed by atoms with Gasteiger partial charge in [-0.1, -0.05) is 46.3 Å². The molecule has 1 aromatic rings. The number of hydrogen-bond acceptors (Lipinski definition) is 5. The Morgan fingerprint density at radius 3 is 2.44 bits per heavy atom. The lowest BCUT2D eigenvalue weighted by Gasteiger charge is -2.25. The van der Waals surface area contributed by atoms with Crippen molar-refractivity contribution >= 4 is 5.78 Å². The van der Waals surface area contributed by atoms with Crippen molar-refractivity contribution in [1.82, 2.24) is 15.0 Å². The molecule has 0 radical (unpaired) electrons. The van der Waals surface area contributed by atoms with Gasteiger partial charge in [-0.05, 0) is 38.5 Å². The first-order valence-electron chi connectivity index (χ1n) is 10.3. The molecule has 0 saturated heterocycles. The van der Waals surface area contributed by atoms with Crippen molar-refractivity contribution < 1.29 is 14.6 Å². The van der Waals surface area contributed by atoms with Gasteiger partial charge in [0, 0.05) is 32.3 Å². The van der Waals surface area contributed by atoms with Crippen LogP contribution in [-0.4, -0.2) is 44.7 Å². The Balaban J connectivity index is 0.000000972. The number of ether oxygens (including phenoxy) is 1. The van der Waals surface area contributed by atoms with Crippen LogP contribution < -0.4 is 0 Å². The lowest BCUT2D eigenvalue weighted by molar-refractivity contribution is -0.118. The molecule has 0 fully saturated rings. The van der Waals surface area contributed by atoms with E-state index in [-0.39, 0.29) is 11.4 Å². The predicted octanol–water partition coefficient (Wildman–Crippen LogP) is 4.06. The highest BCUT2D eigenvalue weighted by Crippen LogP contribution is 2.14. The molecule has 0 amide bonds. The molecular weight excluding hydrogens is 342 g/mol. The predicted molar refractivity (Wildman–Crippen MR) is 110 cm³/mol. The van der Waals surface area contributed by atoms with Crippen LogP contribution in [0, 0.1) is 11.8 Å². The van der Waals surface area contributed by atoms with Gasteiger partial charge in [-0.15, -0.1) is 5.10 Å². The van der Waals surface area contributed by atoms with Crippen LogP contribution in [-0.2, 0) is 22.5 Å². The Bertz CT molecular complexity index is 509. The zero-order valence-corrected chi connectivity index (χ0v) is 18.5. The van der Waals surface area contributed by atoms with Crippen LogP contribution in [0.3, 0.4) is 0 Å². The van der Waals surface area contributed by atoms with Crippen molar-refractivity contribution in [1.29, 1.82) is 0 Å². The molecule has 6 nitrogen and oxygen atoms in total. The average Bonchev–Trinajstić information content (AvgIpc) is 3.05. The Morgan fingerprint density at radius 1 is 1.30 bits per heavy atom. The fourth-order valence-electron chi connectivity index (χ4n) is 2.11. The van der Waals surface area contributed by atoms with E-state index in [1.165, 1.54) is 0 Å². The molecule has 0 aliphatic heterocycles. The summed E-state index contributed by atoms with van der Waals surface area (Å²) in [4.78, 5) is 11.3. The van der Waals surface area contributed by atoms with Gasteiger partial charge in [0.1, 0.15) is 5.78 Å². The zero-order chi connectivity index (χ0) is 20.9. The quantitative estimate of drug-likeness (QED) is 0.589. The van der Waals surface area contributed by atoms with Gasteiger partial charge in [-0.2, -0.15) is 0 Å². The number of aromatic nitrogens is 3. The molecule has 6 heteroatoms. The van der Waals surface area contributed by atoms with Crippen LogP contribution in [0.15, 0.2) is 6.20 Å². The third-order valence-corrected chi connectivity index (χ3v) is 4.38. The number of aryl methyl sites for hydroxylation is 1. The van der Waals surface area contributed by atoms with Gasteiger partial charge in [0.05, 0.1) is 17.8 Å². The SMILES string of the molecule is CCC(=O)CCc1cn(CC(C)(C)OCCC(C)C)nn1.CCC(C)CO. The smallest absolute Gasteiger partial charge is 0.133 e. The second-order valence-corrected chi connectivity index (χ2v) is 8.29. The van der Waals surface area contributed by atoms with E-state index in [0.29, 0.717) is 44.2 Å². The van der Waals surface area contributed by atoms with E-state index >= 15 is 0 Å². The molecule has 0 bridgehead atoms. The second kappa shape index (κ2) is 13.8. The molecule has 1 N–H and O–H groups in total. The molecule has 1 atom stereocenters. The number of ketones is 1. The van der Waals surface area contributed by atoms with Gasteiger partial charge >= 0.3 is 0 Å². The summed E-state index contributed by atoms with van der Waals surface area (Å²) < 4.78 is 7.73. The summed E-state index contributed by atoms with van der Waals surface area (Å²) in [6.45, 7) is 16.3. The molecule has 0 saturated carbocycles. The monoisotopic (exact) mass is 383 g/mol. The number of nitrogens with zero attached hydrogens (tertiary/aromatic N) is 3. The number of aliphatic hydroxyl groups is 1. The summed E-state index contributed by atoms with van der Waals surface area (Å²) in [6.07, 6.45) is 5.85. The van der Waals surface area contributed by atoms with Gasteiger partial charge in [0.2, 0.25) is 0 Å². The highest BCUT2D eigenvalue weighted by Gasteiger charge is 2.20. The molecule has 1 aromatic heterocycles. The van der Waals surface area contributed by atoms with Gasteiger partial charge in [0.25, 0.3) is 0 Å². The number of Topliss-reactive ketones (excluding diaryl/α,β-unsaturated/α-hetero) is 1. The van der Waals surface area contributed by atoms with Crippen LogP contribution >= 0.6 is 0 Å². The first-order chi connectivity index (χ1) is 12.6. The third-order valence-electron chi connectivity index (χ3n) is 4.38. The van der Waals surface area contributed by atoms with E-state index in [0.717, 1.165) is 25.1 Å². The highest BCUT2D eigenvalue weighted by atomic mass is 16.5. The molecule has 0 aliphatic carbocycles. The van der Waals surface area contributed by atoms with E-state index in [4.69, 9.17) is 9.84 Å². The summed E-state index contributed by atoms with van der Waals surface area (Å²) in [6, 6.07) is 0. The van der Waals surface area contributed by atoms with E-state index in [1.807, 2.05) is 20.0 Å². The molecule has 1 heterocycles. The molecule has 0 aliphatic rings. The Kier molecular flexibility index (Phi) is 13.2. The normalized spacial score (nSPS) is 12.6. The largest absolute Gasteiger partial charge is 0.396 e. The lowest BCUT2D eigenvalue weighted by Crippen LogP contribution is -2.31. The Morgan fingerprint density at radius 2 is 1.96 bits per heavy atom. The van der Waals surface area contributed by atoms with Gasteiger partial charge in [0.15, 0.2) is 0 Å². The minimum absolute atomic E-state index is 0.265. The van der Waals surface area contributed by atoms with Crippen LogP contribution in [0.25, 0.3) is 0 Å². The van der Waals surface area contributed by atoms with Crippen molar-refractivity contribution in [3.63, 3.8) is 0 Å². The molecule has 27 heavy (non-hydrogen) atoms. The fraction of sp³-hybridized carbons (Fsp3) is 0.857. The molecule has 0 aromatic carbocycles. The average molecular weight is 384 g/mol. The van der Waals surface area contributed by atoms with Crippen LogP contribution in [0.5, 0.6) is 0 Å². The number of rotatable bonds is 12. The molecule has 158 valence electrons. The van der Waals surface area contributed by atoms with E-state index in [9.17, 15) is 4.79 Å². The topological polar surface area (TPSA) is 77.2 Å². The van der Waals surface area contributed by atoms with Crippen LogP contribution in [0.4, 0.5) is 0 Å². The van der Waals surface area contributed by atoms with Gasteiger partial charge in [-0.25, -0.2) is 4.68 Å². The summed E-state index contributed by atoms with van der Waals surface area (Å²) >= 11 is 0. The number of carbonyl (C=O) groups is 1.